The van der Waals surface area contributed by atoms with Gasteiger partial charge < -0.3 is 15.3 Å². The summed E-state index contributed by atoms with van der Waals surface area (Å²) >= 11 is 0. The number of hydrogen-bond acceptors (Lipinski definition) is 3. The zero-order chi connectivity index (χ0) is 13.1. The molecule has 1 saturated heterocycles. The maximum Gasteiger partial charge on any atom is 0.225 e. The minimum absolute atomic E-state index is 0.000639. The average Bonchev–Trinajstić information content (AvgIpc) is 2.73. The quantitative estimate of drug-likeness (QED) is 0.760. The Morgan fingerprint density at radius 2 is 2.06 bits per heavy atom. The third-order valence-corrected chi connectivity index (χ3v) is 4.01. The van der Waals surface area contributed by atoms with Crippen molar-refractivity contribution in [3.63, 3.8) is 0 Å². The molecule has 1 unspecified atom stereocenters. The molecule has 1 saturated carbocycles. The Morgan fingerprint density at radius 1 is 1.39 bits per heavy atom. The van der Waals surface area contributed by atoms with E-state index in [2.05, 4.69) is 5.32 Å². The van der Waals surface area contributed by atoms with E-state index in [1.165, 1.54) is 0 Å². The molecule has 18 heavy (non-hydrogen) atoms. The molecule has 0 aromatic heterocycles. The normalized spacial score (nSPS) is 32.7. The van der Waals surface area contributed by atoms with Gasteiger partial charge in [0.2, 0.25) is 11.8 Å². The predicted octanol–water partition coefficient (Wildman–Crippen LogP) is 0.274. The summed E-state index contributed by atoms with van der Waals surface area (Å²) in [5, 5.41) is 12.4. The topological polar surface area (TPSA) is 69.6 Å². The Hall–Kier alpha value is -1.10. The molecule has 102 valence electrons. The van der Waals surface area contributed by atoms with E-state index in [1.807, 2.05) is 6.92 Å². The molecule has 2 amide bonds. The largest absolute Gasteiger partial charge is 0.393 e. The average molecular weight is 254 g/mol. The second kappa shape index (κ2) is 5.69. The van der Waals surface area contributed by atoms with Crippen molar-refractivity contribution in [3.8, 4) is 0 Å². The van der Waals surface area contributed by atoms with E-state index in [0.29, 0.717) is 19.5 Å². The van der Waals surface area contributed by atoms with Crippen LogP contribution in [0.5, 0.6) is 0 Å². The molecule has 0 spiro atoms. The lowest BCUT2D eigenvalue weighted by atomic mass is 9.92. The molecule has 2 fully saturated rings. The Bertz CT molecular complexity index is 324. The van der Waals surface area contributed by atoms with Gasteiger partial charge in [-0.15, -0.1) is 0 Å². The van der Waals surface area contributed by atoms with E-state index >= 15 is 0 Å². The molecule has 5 heteroatoms. The van der Waals surface area contributed by atoms with E-state index in [1.54, 1.807) is 4.90 Å². The third-order valence-electron chi connectivity index (χ3n) is 4.01. The molecule has 0 bridgehead atoms. The van der Waals surface area contributed by atoms with Crippen molar-refractivity contribution < 1.29 is 14.7 Å². The number of amides is 2. The number of carbonyl (C=O) groups excluding carboxylic acids is 2. The molecular weight excluding hydrogens is 232 g/mol. The summed E-state index contributed by atoms with van der Waals surface area (Å²) in [6.07, 6.45) is 3.33. The van der Waals surface area contributed by atoms with Crippen LogP contribution in [-0.4, -0.2) is 47.1 Å². The molecule has 1 heterocycles. The van der Waals surface area contributed by atoms with Crippen LogP contribution in [0.25, 0.3) is 0 Å². The zero-order valence-electron chi connectivity index (χ0n) is 10.9. The molecule has 1 aliphatic heterocycles. The van der Waals surface area contributed by atoms with Crippen LogP contribution in [0.15, 0.2) is 0 Å². The lowest BCUT2D eigenvalue weighted by Crippen LogP contribution is -2.42. The SMILES string of the molecule is CCN1CC(C(=O)NC2CCC(O)CC2)CC1=O. The van der Waals surface area contributed by atoms with Crippen molar-refractivity contribution in [2.75, 3.05) is 13.1 Å². The van der Waals surface area contributed by atoms with Gasteiger partial charge in [-0.05, 0) is 32.6 Å². The summed E-state index contributed by atoms with van der Waals surface area (Å²) in [5.74, 6) is -0.110. The number of carbonyl (C=O) groups is 2. The van der Waals surface area contributed by atoms with E-state index in [0.717, 1.165) is 25.7 Å². The van der Waals surface area contributed by atoms with Crippen LogP contribution >= 0.6 is 0 Å². The van der Waals surface area contributed by atoms with Crippen LogP contribution in [0.4, 0.5) is 0 Å². The van der Waals surface area contributed by atoms with Crippen LogP contribution in [0.1, 0.15) is 39.0 Å². The minimum atomic E-state index is -0.207. The number of aliphatic hydroxyl groups is 1. The molecule has 2 rings (SSSR count). The van der Waals surface area contributed by atoms with Gasteiger partial charge in [-0.2, -0.15) is 0 Å². The first-order valence-electron chi connectivity index (χ1n) is 6.86. The molecule has 5 nitrogen and oxygen atoms in total. The van der Waals surface area contributed by atoms with Gasteiger partial charge in [-0.25, -0.2) is 0 Å². The summed E-state index contributed by atoms with van der Waals surface area (Å²) in [6, 6.07) is 0.173. The van der Waals surface area contributed by atoms with Crippen LogP contribution in [0, 0.1) is 5.92 Å². The van der Waals surface area contributed by atoms with Crippen LogP contribution in [0.2, 0.25) is 0 Å². The van der Waals surface area contributed by atoms with E-state index in [-0.39, 0.29) is 29.9 Å². The summed E-state index contributed by atoms with van der Waals surface area (Å²) in [6.45, 7) is 3.16. The highest BCUT2D eigenvalue weighted by molar-refractivity contribution is 5.89. The zero-order valence-corrected chi connectivity index (χ0v) is 10.9. The monoisotopic (exact) mass is 254 g/mol. The van der Waals surface area contributed by atoms with Gasteiger partial charge in [0.25, 0.3) is 0 Å². The minimum Gasteiger partial charge on any atom is -0.393 e. The van der Waals surface area contributed by atoms with E-state index in [4.69, 9.17) is 0 Å². The van der Waals surface area contributed by atoms with E-state index in [9.17, 15) is 14.7 Å². The van der Waals surface area contributed by atoms with Crippen molar-refractivity contribution in [3.05, 3.63) is 0 Å². The van der Waals surface area contributed by atoms with Gasteiger partial charge in [0.15, 0.2) is 0 Å². The van der Waals surface area contributed by atoms with Crippen molar-refractivity contribution in [2.24, 2.45) is 5.92 Å². The van der Waals surface area contributed by atoms with Gasteiger partial charge in [0.05, 0.1) is 12.0 Å². The number of rotatable bonds is 3. The molecule has 2 aliphatic rings. The summed E-state index contributed by atoms with van der Waals surface area (Å²) in [5.41, 5.74) is 0. The molecular formula is C13H22N2O3. The second-order valence-corrected chi connectivity index (χ2v) is 5.35. The fourth-order valence-corrected chi connectivity index (χ4v) is 2.79. The Kier molecular flexibility index (Phi) is 4.22. The van der Waals surface area contributed by atoms with Gasteiger partial charge in [-0.3, -0.25) is 9.59 Å². The van der Waals surface area contributed by atoms with E-state index < -0.39 is 0 Å². The smallest absolute Gasteiger partial charge is 0.225 e. The summed E-state index contributed by atoms with van der Waals surface area (Å²) < 4.78 is 0. The lowest BCUT2D eigenvalue weighted by Gasteiger charge is -2.27. The molecule has 2 N–H and O–H groups in total. The highest BCUT2D eigenvalue weighted by Crippen LogP contribution is 2.21. The maximum absolute atomic E-state index is 12.0. The van der Waals surface area contributed by atoms with Crippen molar-refractivity contribution in [1.29, 1.82) is 0 Å². The lowest BCUT2D eigenvalue weighted by molar-refractivity contribution is -0.129. The predicted molar refractivity (Wildman–Crippen MR) is 66.8 cm³/mol. The molecule has 0 aromatic carbocycles. The van der Waals surface area contributed by atoms with Crippen molar-refractivity contribution in [2.45, 2.75) is 51.2 Å². The molecule has 0 aromatic rings. The highest BCUT2D eigenvalue weighted by Gasteiger charge is 2.34. The molecule has 0 radical (unpaired) electrons. The fraction of sp³-hybridized carbons (Fsp3) is 0.846. The highest BCUT2D eigenvalue weighted by atomic mass is 16.3. The first-order chi connectivity index (χ1) is 8.60. The second-order valence-electron chi connectivity index (χ2n) is 5.35. The number of likely N-dealkylation sites (tertiary alicyclic amines) is 1. The van der Waals surface area contributed by atoms with Gasteiger partial charge in [0, 0.05) is 25.6 Å². The van der Waals surface area contributed by atoms with Crippen LogP contribution in [-0.2, 0) is 9.59 Å². The third kappa shape index (κ3) is 3.02. The Labute approximate surface area is 108 Å². The molecule has 1 atom stereocenters. The molecule has 1 aliphatic carbocycles. The first kappa shape index (κ1) is 13.3. The number of hydrogen-bond donors (Lipinski definition) is 2. The van der Waals surface area contributed by atoms with Gasteiger partial charge in [0.1, 0.15) is 0 Å². The summed E-state index contributed by atoms with van der Waals surface area (Å²) in [7, 11) is 0. The standard InChI is InChI=1S/C13H22N2O3/c1-2-15-8-9(7-12(15)17)13(18)14-10-3-5-11(16)6-4-10/h9-11,16H,2-8H2,1H3,(H,14,18). The van der Waals surface area contributed by atoms with Crippen molar-refractivity contribution >= 4 is 11.8 Å². The summed E-state index contributed by atoms with van der Waals surface area (Å²) in [4.78, 5) is 25.3. The Morgan fingerprint density at radius 3 is 2.61 bits per heavy atom. The maximum atomic E-state index is 12.0. The number of nitrogens with zero attached hydrogens (tertiary/aromatic N) is 1. The first-order valence-corrected chi connectivity index (χ1v) is 6.86. The number of aliphatic hydroxyl groups excluding tert-OH is 1. The van der Waals surface area contributed by atoms with Crippen LogP contribution in [0.3, 0.4) is 0 Å². The Balaban J connectivity index is 1.80. The fourth-order valence-electron chi connectivity index (χ4n) is 2.79. The van der Waals surface area contributed by atoms with Gasteiger partial charge in [-0.1, -0.05) is 0 Å². The van der Waals surface area contributed by atoms with Crippen LogP contribution < -0.4 is 5.32 Å². The van der Waals surface area contributed by atoms with Gasteiger partial charge >= 0.3 is 0 Å². The number of nitrogens with one attached hydrogen (secondary N) is 1. The van der Waals surface area contributed by atoms with Crippen molar-refractivity contribution in [1.82, 2.24) is 10.2 Å².